The van der Waals surface area contributed by atoms with Gasteiger partial charge in [0.05, 0.1) is 33.0 Å². The van der Waals surface area contributed by atoms with Crippen molar-refractivity contribution in [3.63, 3.8) is 0 Å². The van der Waals surface area contributed by atoms with Gasteiger partial charge in [-0.3, -0.25) is 4.79 Å². The topological polar surface area (TPSA) is 82.0 Å². The van der Waals surface area contributed by atoms with Gasteiger partial charge < -0.3 is 15.3 Å². The Morgan fingerprint density at radius 2 is 1.81 bits per heavy atom. The summed E-state index contributed by atoms with van der Waals surface area (Å²) in [5.41, 5.74) is 2.85. The van der Waals surface area contributed by atoms with E-state index in [1.807, 2.05) is 25.1 Å². The van der Waals surface area contributed by atoms with E-state index in [2.05, 4.69) is 21.7 Å². The van der Waals surface area contributed by atoms with Gasteiger partial charge in [0.25, 0.3) is 0 Å². The zero-order valence-electron chi connectivity index (χ0n) is 18.1. The van der Waals surface area contributed by atoms with Gasteiger partial charge in [-0.2, -0.15) is 0 Å². The lowest BCUT2D eigenvalue weighted by Crippen LogP contribution is -2.40. The summed E-state index contributed by atoms with van der Waals surface area (Å²) in [7, 11) is 0. The van der Waals surface area contributed by atoms with Crippen molar-refractivity contribution in [2.45, 2.75) is 50.2 Å². The van der Waals surface area contributed by atoms with Crippen LogP contribution < -0.4 is 10.2 Å². The molecule has 2 N–H and O–H groups in total. The maximum absolute atomic E-state index is 12.1. The monoisotopic (exact) mass is 495 g/mol. The largest absolute Gasteiger partial charge is 0.481 e. The van der Waals surface area contributed by atoms with E-state index in [0.717, 1.165) is 50.0 Å². The molecule has 1 unspecified atom stereocenters. The lowest BCUT2D eigenvalue weighted by Gasteiger charge is -2.39. The first-order valence-corrected chi connectivity index (χ1v) is 12.1. The summed E-state index contributed by atoms with van der Waals surface area (Å²) >= 11 is 13.9. The summed E-state index contributed by atoms with van der Waals surface area (Å²) < 4.78 is 2.85. The molecule has 1 aliphatic rings. The summed E-state index contributed by atoms with van der Waals surface area (Å²) in [5, 5.41) is 14.2. The summed E-state index contributed by atoms with van der Waals surface area (Å²) in [6.45, 7) is 5.47. The highest BCUT2D eigenvalue weighted by Crippen LogP contribution is 2.44. The molecule has 0 aliphatic carbocycles. The second kappa shape index (κ2) is 10.8. The fourth-order valence-electron chi connectivity index (χ4n) is 4.09. The Morgan fingerprint density at radius 3 is 2.38 bits per heavy atom. The average molecular weight is 496 g/mol. The van der Waals surface area contributed by atoms with E-state index in [4.69, 9.17) is 23.2 Å². The number of halogens is 2. The Hall–Kier alpha value is -1.96. The quantitative estimate of drug-likeness (QED) is 0.277. The number of anilines is 3. The number of rotatable bonds is 9. The summed E-state index contributed by atoms with van der Waals surface area (Å²) in [4.78, 5) is 25.2. The minimum Gasteiger partial charge on any atom is -0.481 e. The zero-order valence-corrected chi connectivity index (χ0v) is 20.4. The highest BCUT2D eigenvalue weighted by molar-refractivity contribution is 7.99. The molecule has 0 spiro atoms. The van der Waals surface area contributed by atoms with Crippen molar-refractivity contribution < 1.29 is 9.90 Å². The van der Waals surface area contributed by atoms with E-state index in [9.17, 15) is 14.8 Å². The molecule has 0 bridgehead atoms. The van der Waals surface area contributed by atoms with Gasteiger partial charge in [0.15, 0.2) is 0 Å². The highest BCUT2D eigenvalue weighted by atomic mass is 35.5. The van der Waals surface area contributed by atoms with Gasteiger partial charge in [0.2, 0.25) is 0 Å². The SMILES string of the molecule is CCCC(C(=O)O)c1cccc(N2CCC(C)(SN=O)CC2)c1Nc1c(Cl)cccc1Cl. The average Bonchev–Trinajstić information content (AvgIpc) is 2.75. The molecule has 1 saturated heterocycles. The number of nitrogens with one attached hydrogen (secondary N) is 1. The molecular formula is C23H27Cl2N3O3S. The predicted octanol–water partition coefficient (Wildman–Crippen LogP) is 7.48. The number of carboxylic acids is 1. The summed E-state index contributed by atoms with van der Waals surface area (Å²) in [5.74, 6) is -1.52. The Morgan fingerprint density at radius 1 is 1.19 bits per heavy atom. The number of benzene rings is 2. The Balaban J connectivity index is 2.06. The van der Waals surface area contributed by atoms with Crippen molar-refractivity contribution in [3.8, 4) is 0 Å². The smallest absolute Gasteiger partial charge is 0.311 e. The maximum Gasteiger partial charge on any atom is 0.311 e. The van der Waals surface area contributed by atoms with E-state index in [0.29, 0.717) is 33.4 Å². The van der Waals surface area contributed by atoms with Gasteiger partial charge in [-0.15, -0.1) is 4.91 Å². The van der Waals surface area contributed by atoms with Crippen molar-refractivity contribution in [2.75, 3.05) is 23.3 Å². The van der Waals surface area contributed by atoms with Crippen LogP contribution in [0.4, 0.5) is 17.1 Å². The van der Waals surface area contributed by atoms with E-state index >= 15 is 0 Å². The van der Waals surface area contributed by atoms with Crippen LogP contribution in [-0.4, -0.2) is 28.9 Å². The van der Waals surface area contributed by atoms with E-state index in [1.54, 1.807) is 18.2 Å². The molecule has 0 saturated carbocycles. The molecule has 1 aliphatic heterocycles. The van der Waals surface area contributed by atoms with Crippen LogP contribution in [0.1, 0.15) is 51.0 Å². The van der Waals surface area contributed by atoms with Crippen LogP contribution in [0.5, 0.6) is 0 Å². The van der Waals surface area contributed by atoms with Gasteiger partial charge in [-0.1, -0.05) is 54.7 Å². The van der Waals surface area contributed by atoms with Crippen molar-refractivity contribution >= 4 is 58.2 Å². The first kappa shape index (κ1) is 24.7. The molecule has 1 heterocycles. The molecule has 3 rings (SSSR count). The number of nitroso groups, excluding NO2 is 1. The molecule has 6 nitrogen and oxygen atoms in total. The molecule has 32 heavy (non-hydrogen) atoms. The normalized spacial score (nSPS) is 16.4. The molecule has 1 atom stereocenters. The first-order chi connectivity index (χ1) is 15.3. The second-order valence-electron chi connectivity index (χ2n) is 8.25. The molecule has 2 aromatic carbocycles. The Bertz CT molecular complexity index is 961. The number of carboxylic acid groups (broad SMARTS) is 1. The zero-order chi connectivity index (χ0) is 23.3. The number of hydrogen-bond donors (Lipinski definition) is 2. The molecule has 0 radical (unpaired) electrons. The molecule has 172 valence electrons. The minimum atomic E-state index is -0.864. The van der Waals surface area contributed by atoms with E-state index in [-0.39, 0.29) is 4.75 Å². The van der Waals surface area contributed by atoms with Crippen molar-refractivity contribution in [2.24, 2.45) is 4.58 Å². The van der Waals surface area contributed by atoms with Crippen molar-refractivity contribution in [3.05, 3.63) is 56.9 Å². The lowest BCUT2D eigenvalue weighted by atomic mass is 9.91. The third-order valence-electron chi connectivity index (χ3n) is 5.96. The number of para-hydroxylation sites is 2. The third kappa shape index (κ3) is 5.50. The third-order valence-corrected chi connectivity index (χ3v) is 7.51. The van der Waals surface area contributed by atoms with Gasteiger partial charge >= 0.3 is 5.97 Å². The molecule has 0 aromatic heterocycles. The number of nitrogens with zero attached hydrogens (tertiary/aromatic N) is 2. The van der Waals surface area contributed by atoms with Crippen LogP contribution in [0.2, 0.25) is 10.0 Å². The summed E-state index contributed by atoms with van der Waals surface area (Å²) in [6, 6.07) is 11.0. The molecule has 2 aromatic rings. The van der Waals surface area contributed by atoms with Crippen LogP contribution in [0, 0.1) is 4.91 Å². The Kier molecular flexibility index (Phi) is 8.31. The van der Waals surface area contributed by atoms with Gasteiger partial charge in [-0.05, 0) is 49.9 Å². The number of hydrogen-bond acceptors (Lipinski definition) is 6. The van der Waals surface area contributed by atoms with Crippen molar-refractivity contribution in [1.29, 1.82) is 0 Å². The number of aliphatic carboxylic acids is 1. The minimum absolute atomic E-state index is 0.193. The molecule has 1 fully saturated rings. The van der Waals surface area contributed by atoms with E-state index < -0.39 is 11.9 Å². The fourth-order valence-corrected chi connectivity index (χ4v) is 5.13. The van der Waals surface area contributed by atoms with Gasteiger partial charge in [-0.25, -0.2) is 0 Å². The van der Waals surface area contributed by atoms with Crippen LogP contribution in [0.25, 0.3) is 0 Å². The lowest BCUT2D eigenvalue weighted by molar-refractivity contribution is -0.139. The van der Waals surface area contributed by atoms with Crippen LogP contribution in [0.3, 0.4) is 0 Å². The highest BCUT2D eigenvalue weighted by Gasteiger charge is 2.33. The number of piperidine rings is 1. The first-order valence-electron chi connectivity index (χ1n) is 10.6. The number of carbonyl (C=O) groups is 1. The molecular weight excluding hydrogens is 469 g/mol. The predicted molar refractivity (Wildman–Crippen MR) is 135 cm³/mol. The van der Waals surface area contributed by atoms with Crippen molar-refractivity contribution in [1.82, 2.24) is 0 Å². The van der Waals surface area contributed by atoms with Crippen LogP contribution in [-0.2, 0) is 4.79 Å². The van der Waals surface area contributed by atoms with Crippen LogP contribution in [0.15, 0.2) is 41.0 Å². The summed E-state index contributed by atoms with van der Waals surface area (Å²) in [6.07, 6.45) is 2.84. The molecule has 0 amide bonds. The fraction of sp³-hybridized carbons (Fsp3) is 0.435. The van der Waals surface area contributed by atoms with Gasteiger partial charge in [0, 0.05) is 34.4 Å². The van der Waals surface area contributed by atoms with Gasteiger partial charge in [0.1, 0.15) is 0 Å². The maximum atomic E-state index is 12.1. The Labute approximate surface area is 202 Å². The second-order valence-corrected chi connectivity index (χ2v) is 10.4. The standard InChI is InChI=1S/C23H27Cl2N3O3S/c1-3-6-16(22(29)30)15-7-4-10-19(28-13-11-23(2,12-14-28)32-27-31)20(15)26-21-17(24)8-5-9-18(21)25/h4-5,7-10,16,26H,3,6,11-14H2,1-2H3,(H,29,30). The van der Waals surface area contributed by atoms with Crippen LogP contribution >= 0.6 is 35.1 Å². The van der Waals surface area contributed by atoms with E-state index in [1.165, 1.54) is 0 Å². The molecule has 9 heteroatoms.